The van der Waals surface area contributed by atoms with Gasteiger partial charge >= 0.3 is 6.09 Å². The monoisotopic (exact) mass is 397 g/mol. The Balaban J connectivity index is 1.56. The number of piperazine rings is 1. The lowest BCUT2D eigenvalue weighted by atomic mass is 10.0. The van der Waals surface area contributed by atoms with Gasteiger partial charge in [0.1, 0.15) is 5.75 Å². The standard InChI is InChI=1S/C22H27N3O4/c1-3-28-20-6-4-5-18(15-20)17-7-9-19(10-8-17)24-11-13-25(14-12-24)22(27)29-16-21(26)23-2/h4-10,15H,3,11-14,16H2,1-2H3,(H,23,26). The van der Waals surface area contributed by atoms with Crippen molar-refractivity contribution in [1.29, 1.82) is 0 Å². The molecule has 1 heterocycles. The maximum atomic E-state index is 12.0. The van der Waals surface area contributed by atoms with Crippen LogP contribution in [-0.2, 0) is 9.53 Å². The Morgan fingerprint density at radius 3 is 2.38 bits per heavy atom. The van der Waals surface area contributed by atoms with E-state index in [4.69, 9.17) is 9.47 Å². The maximum Gasteiger partial charge on any atom is 0.410 e. The molecular weight excluding hydrogens is 370 g/mol. The van der Waals surface area contributed by atoms with Gasteiger partial charge in [0.2, 0.25) is 0 Å². The molecule has 0 atom stereocenters. The fraction of sp³-hybridized carbons (Fsp3) is 0.364. The predicted octanol–water partition coefficient (Wildman–Crippen LogP) is 2.76. The van der Waals surface area contributed by atoms with Gasteiger partial charge in [0.05, 0.1) is 6.61 Å². The van der Waals surface area contributed by atoms with E-state index in [1.165, 1.54) is 7.05 Å². The van der Waals surface area contributed by atoms with Crippen LogP contribution < -0.4 is 15.0 Å². The summed E-state index contributed by atoms with van der Waals surface area (Å²) in [6, 6.07) is 16.5. The summed E-state index contributed by atoms with van der Waals surface area (Å²) in [7, 11) is 1.51. The molecule has 0 aliphatic carbocycles. The largest absolute Gasteiger partial charge is 0.494 e. The molecule has 0 unspecified atom stereocenters. The molecule has 1 fully saturated rings. The first-order chi connectivity index (χ1) is 14.1. The van der Waals surface area contributed by atoms with Gasteiger partial charge < -0.3 is 24.6 Å². The number of amides is 2. The highest BCUT2D eigenvalue weighted by atomic mass is 16.6. The van der Waals surface area contributed by atoms with Crippen molar-refractivity contribution < 1.29 is 19.1 Å². The van der Waals surface area contributed by atoms with Crippen LogP contribution in [-0.4, -0.2) is 63.3 Å². The van der Waals surface area contributed by atoms with Gasteiger partial charge in [-0.05, 0) is 42.3 Å². The second kappa shape index (κ2) is 9.82. The first kappa shape index (κ1) is 20.5. The van der Waals surface area contributed by atoms with Crippen LogP contribution in [0.15, 0.2) is 48.5 Å². The molecule has 2 aromatic rings. The zero-order valence-corrected chi connectivity index (χ0v) is 16.9. The third kappa shape index (κ3) is 5.40. The van der Waals surface area contributed by atoms with Crippen LogP contribution in [0.2, 0.25) is 0 Å². The molecule has 0 saturated carbocycles. The van der Waals surface area contributed by atoms with E-state index in [0.29, 0.717) is 32.8 Å². The highest BCUT2D eigenvalue weighted by Crippen LogP contribution is 2.26. The van der Waals surface area contributed by atoms with E-state index in [2.05, 4.69) is 40.5 Å². The van der Waals surface area contributed by atoms with Crippen LogP contribution in [0.25, 0.3) is 11.1 Å². The molecule has 154 valence electrons. The van der Waals surface area contributed by atoms with Gasteiger partial charge in [-0.15, -0.1) is 0 Å². The summed E-state index contributed by atoms with van der Waals surface area (Å²) >= 11 is 0. The number of ether oxygens (including phenoxy) is 2. The molecule has 29 heavy (non-hydrogen) atoms. The smallest absolute Gasteiger partial charge is 0.410 e. The van der Waals surface area contributed by atoms with Gasteiger partial charge in [-0.3, -0.25) is 4.79 Å². The second-order valence-electron chi connectivity index (χ2n) is 6.71. The Labute approximate surface area is 171 Å². The van der Waals surface area contributed by atoms with Crippen LogP contribution >= 0.6 is 0 Å². The fourth-order valence-corrected chi connectivity index (χ4v) is 3.23. The molecule has 0 radical (unpaired) electrons. The average molecular weight is 397 g/mol. The van der Waals surface area contributed by atoms with Crippen molar-refractivity contribution >= 4 is 17.7 Å². The highest BCUT2D eigenvalue weighted by Gasteiger charge is 2.22. The SMILES string of the molecule is CCOc1cccc(-c2ccc(N3CCN(C(=O)OCC(=O)NC)CC3)cc2)c1. The van der Waals surface area contributed by atoms with Crippen molar-refractivity contribution in [3.05, 3.63) is 48.5 Å². The van der Waals surface area contributed by atoms with Gasteiger partial charge in [0.15, 0.2) is 6.61 Å². The average Bonchev–Trinajstić information content (AvgIpc) is 2.78. The lowest BCUT2D eigenvalue weighted by molar-refractivity contribution is -0.123. The van der Waals surface area contributed by atoms with Crippen LogP contribution in [0.3, 0.4) is 0 Å². The van der Waals surface area contributed by atoms with Crippen LogP contribution in [0, 0.1) is 0 Å². The van der Waals surface area contributed by atoms with Crippen molar-refractivity contribution in [2.75, 3.05) is 51.3 Å². The van der Waals surface area contributed by atoms with E-state index in [0.717, 1.165) is 22.6 Å². The van der Waals surface area contributed by atoms with E-state index in [-0.39, 0.29) is 12.5 Å². The summed E-state index contributed by atoms with van der Waals surface area (Å²) in [6.45, 7) is 4.93. The normalized spacial score (nSPS) is 13.7. The van der Waals surface area contributed by atoms with Gasteiger partial charge in [0.25, 0.3) is 5.91 Å². The second-order valence-corrected chi connectivity index (χ2v) is 6.71. The van der Waals surface area contributed by atoms with Crippen molar-refractivity contribution in [1.82, 2.24) is 10.2 Å². The number of hydrogen-bond acceptors (Lipinski definition) is 5. The Bertz CT molecular complexity index is 830. The Morgan fingerprint density at radius 2 is 1.72 bits per heavy atom. The van der Waals surface area contributed by atoms with E-state index < -0.39 is 6.09 Å². The third-order valence-electron chi connectivity index (χ3n) is 4.85. The maximum absolute atomic E-state index is 12.0. The number of hydrogen-bond donors (Lipinski definition) is 1. The molecule has 3 rings (SSSR count). The highest BCUT2D eigenvalue weighted by molar-refractivity contribution is 5.79. The molecular formula is C22H27N3O4. The zero-order chi connectivity index (χ0) is 20.6. The van der Waals surface area contributed by atoms with Crippen molar-refractivity contribution in [2.24, 2.45) is 0 Å². The molecule has 7 heteroatoms. The van der Waals surface area contributed by atoms with Crippen LogP contribution in [0.5, 0.6) is 5.75 Å². The van der Waals surface area contributed by atoms with Gasteiger partial charge in [-0.2, -0.15) is 0 Å². The number of carbonyl (C=O) groups is 2. The van der Waals surface area contributed by atoms with Crippen molar-refractivity contribution in [2.45, 2.75) is 6.92 Å². The quantitative estimate of drug-likeness (QED) is 0.812. The molecule has 1 aliphatic heterocycles. The Morgan fingerprint density at radius 1 is 1.00 bits per heavy atom. The zero-order valence-electron chi connectivity index (χ0n) is 16.9. The van der Waals surface area contributed by atoms with E-state index in [1.807, 2.05) is 25.1 Å². The fourth-order valence-electron chi connectivity index (χ4n) is 3.23. The number of carbonyl (C=O) groups excluding carboxylic acids is 2. The lowest BCUT2D eigenvalue weighted by Gasteiger charge is -2.35. The van der Waals surface area contributed by atoms with Gasteiger partial charge in [0, 0.05) is 38.9 Å². The van der Waals surface area contributed by atoms with Gasteiger partial charge in [-0.1, -0.05) is 24.3 Å². The van der Waals surface area contributed by atoms with E-state index in [1.54, 1.807) is 4.90 Å². The first-order valence-electron chi connectivity index (χ1n) is 9.81. The summed E-state index contributed by atoms with van der Waals surface area (Å²) in [5.41, 5.74) is 3.37. The predicted molar refractivity (Wildman–Crippen MR) is 112 cm³/mol. The minimum absolute atomic E-state index is 0.249. The van der Waals surface area contributed by atoms with Crippen molar-refractivity contribution in [3.8, 4) is 16.9 Å². The first-order valence-corrected chi connectivity index (χ1v) is 9.81. The Hall–Kier alpha value is -3.22. The number of nitrogens with zero attached hydrogens (tertiary/aromatic N) is 2. The topological polar surface area (TPSA) is 71.1 Å². The molecule has 1 saturated heterocycles. The number of likely N-dealkylation sites (N-methyl/N-ethyl adjacent to an activating group) is 1. The summed E-state index contributed by atoms with van der Waals surface area (Å²) < 4.78 is 10.6. The molecule has 1 N–H and O–H groups in total. The van der Waals surface area contributed by atoms with E-state index >= 15 is 0 Å². The summed E-state index contributed by atoms with van der Waals surface area (Å²) in [5, 5.41) is 2.43. The minimum Gasteiger partial charge on any atom is -0.494 e. The Kier molecular flexibility index (Phi) is 6.94. The van der Waals surface area contributed by atoms with Crippen LogP contribution in [0.4, 0.5) is 10.5 Å². The number of anilines is 1. The molecule has 0 spiro atoms. The van der Waals surface area contributed by atoms with Gasteiger partial charge in [-0.25, -0.2) is 4.79 Å². The molecule has 0 bridgehead atoms. The summed E-state index contributed by atoms with van der Waals surface area (Å²) in [6.07, 6.45) is -0.447. The molecule has 0 aromatic heterocycles. The summed E-state index contributed by atoms with van der Waals surface area (Å²) in [5.74, 6) is 0.553. The number of rotatable bonds is 6. The van der Waals surface area contributed by atoms with E-state index in [9.17, 15) is 9.59 Å². The summed E-state index contributed by atoms with van der Waals surface area (Å²) in [4.78, 5) is 27.1. The van der Waals surface area contributed by atoms with Crippen LogP contribution in [0.1, 0.15) is 6.92 Å². The molecule has 2 amide bonds. The third-order valence-corrected chi connectivity index (χ3v) is 4.85. The van der Waals surface area contributed by atoms with Crippen molar-refractivity contribution in [3.63, 3.8) is 0 Å². The molecule has 1 aliphatic rings. The minimum atomic E-state index is -0.447. The molecule has 7 nitrogen and oxygen atoms in total. The lowest BCUT2D eigenvalue weighted by Crippen LogP contribution is -2.49. The number of benzene rings is 2. The number of nitrogens with one attached hydrogen (secondary N) is 1. The molecule has 2 aromatic carbocycles.